The molecule has 31 heavy (non-hydrogen) atoms. The Morgan fingerprint density at radius 2 is 1.94 bits per heavy atom. The number of hydrogen-bond donors (Lipinski definition) is 3. The topological polar surface area (TPSA) is 89.5 Å². The van der Waals surface area contributed by atoms with E-state index in [-0.39, 0.29) is 0 Å². The summed E-state index contributed by atoms with van der Waals surface area (Å²) in [6.45, 7) is 0. The van der Waals surface area contributed by atoms with Gasteiger partial charge in [-0.05, 0) is 61.4 Å². The van der Waals surface area contributed by atoms with Gasteiger partial charge in [0.2, 0.25) is 0 Å². The molecule has 0 saturated heterocycles. The molecule has 0 atom stereocenters. The molecule has 1 aromatic carbocycles. The monoisotopic (exact) mass is 434 g/mol. The van der Waals surface area contributed by atoms with Crippen molar-refractivity contribution < 1.29 is 4.74 Å². The van der Waals surface area contributed by atoms with Gasteiger partial charge in [-0.25, -0.2) is 9.50 Å². The zero-order valence-corrected chi connectivity index (χ0v) is 18.2. The number of ether oxygens (including phenoxy) is 1. The van der Waals surface area contributed by atoms with E-state index in [0.29, 0.717) is 12.1 Å². The van der Waals surface area contributed by atoms with Crippen molar-refractivity contribution in [2.75, 3.05) is 17.7 Å². The molecule has 1 fully saturated rings. The summed E-state index contributed by atoms with van der Waals surface area (Å²) in [5.74, 6) is 1.65. The molecule has 0 radical (unpaired) electrons. The average molecular weight is 435 g/mol. The number of thiophene rings is 1. The number of hydrogen-bond acceptors (Lipinski definition) is 7. The van der Waals surface area contributed by atoms with E-state index < -0.39 is 0 Å². The highest BCUT2D eigenvalue weighted by Crippen LogP contribution is 2.30. The third kappa shape index (κ3) is 4.22. The van der Waals surface area contributed by atoms with Crippen molar-refractivity contribution in [3.8, 4) is 17.0 Å². The summed E-state index contributed by atoms with van der Waals surface area (Å²) in [6.07, 6.45) is 6.09. The molecule has 1 aliphatic carbocycles. The number of nitrogens with zero attached hydrogens (tertiary/aromatic N) is 3. The summed E-state index contributed by atoms with van der Waals surface area (Å²) in [6, 6.07) is 12.7. The maximum absolute atomic E-state index is 6.08. The van der Waals surface area contributed by atoms with Crippen LogP contribution in [-0.4, -0.2) is 33.8 Å². The molecular weight excluding hydrogens is 408 g/mol. The number of anilines is 3. The fraction of sp³-hybridized carbons (Fsp3) is 0.304. The maximum Gasteiger partial charge on any atom is 0.178 e. The Hall–Kier alpha value is -3.10. The fourth-order valence-electron chi connectivity index (χ4n) is 4.04. The molecule has 0 unspecified atom stereocenters. The lowest BCUT2D eigenvalue weighted by Crippen LogP contribution is -2.33. The minimum Gasteiger partial charge on any atom is -0.497 e. The first kappa shape index (κ1) is 19.8. The molecule has 7 nitrogen and oxygen atoms in total. The lowest BCUT2D eigenvalue weighted by molar-refractivity contribution is 0.410. The largest absolute Gasteiger partial charge is 0.497 e. The van der Waals surface area contributed by atoms with Gasteiger partial charge in [0.1, 0.15) is 11.6 Å². The van der Waals surface area contributed by atoms with Crippen LogP contribution in [0.5, 0.6) is 5.75 Å². The summed E-state index contributed by atoms with van der Waals surface area (Å²) in [7, 11) is 1.67. The normalized spacial score (nSPS) is 18.8. The first-order valence-corrected chi connectivity index (χ1v) is 11.5. The number of fused-ring (bicyclic) bond motifs is 1. The molecule has 1 aliphatic rings. The predicted octanol–water partition coefficient (Wildman–Crippen LogP) is 4.89. The number of methoxy groups -OCH3 is 1. The number of benzene rings is 1. The Bertz CT molecular complexity index is 1150. The zero-order chi connectivity index (χ0) is 21.2. The molecule has 0 spiro atoms. The van der Waals surface area contributed by atoms with Crippen molar-refractivity contribution in [3.63, 3.8) is 0 Å². The Labute approximate surface area is 185 Å². The van der Waals surface area contributed by atoms with E-state index in [0.717, 1.165) is 65.5 Å². The van der Waals surface area contributed by atoms with Gasteiger partial charge in [-0.15, -0.1) is 5.10 Å². The molecular formula is C23H26N6OS. The number of nitrogens with one attached hydrogen (secondary N) is 2. The molecule has 4 N–H and O–H groups in total. The first-order valence-electron chi connectivity index (χ1n) is 10.5. The van der Waals surface area contributed by atoms with Crippen LogP contribution in [0.2, 0.25) is 0 Å². The number of nitrogens with two attached hydrogens (primary N) is 1. The zero-order valence-electron chi connectivity index (χ0n) is 17.4. The van der Waals surface area contributed by atoms with Crippen LogP contribution in [0.25, 0.3) is 16.9 Å². The molecule has 8 heteroatoms. The van der Waals surface area contributed by atoms with Gasteiger partial charge in [0.15, 0.2) is 5.65 Å². The molecule has 3 heterocycles. The van der Waals surface area contributed by atoms with Crippen LogP contribution in [0.4, 0.5) is 17.2 Å². The second-order valence-corrected chi connectivity index (χ2v) is 8.72. The van der Waals surface area contributed by atoms with Crippen molar-refractivity contribution in [1.82, 2.24) is 14.6 Å². The molecule has 0 bridgehead atoms. The fourth-order valence-corrected chi connectivity index (χ4v) is 4.69. The quantitative estimate of drug-likeness (QED) is 0.400. The minimum atomic E-state index is 0.319. The molecule has 0 aliphatic heterocycles. The molecule has 3 aromatic heterocycles. The van der Waals surface area contributed by atoms with Crippen molar-refractivity contribution in [2.24, 2.45) is 5.73 Å². The van der Waals surface area contributed by atoms with Gasteiger partial charge in [0.25, 0.3) is 0 Å². The van der Waals surface area contributed by atoms with Crippen molar-refractivity contribution >= 4 is 34.2 Å². The van der Waals surface area contributed by atoms with Crippen LogP contribution in [0.15, 0.2) is 53.4 Å². The lowest BCUT2D eigenvalue weighted by atomic mass is 9.92. The van der Waals surface area contributed by atoms with Gasteiger partial charge in [0, 0.05) is 34.8 Å². The number of imidazole rings is 1. The molecule has 1 saturated carbocycles. The van der Waals surface area contributed by atoms with Crippen molar-refractivity contribution in [3.05, 3.63) is 53.4 Å². The summed E-state index contributed by atoms with van der Waals surface area (Å²) in [4.78, 5) is 4.68. The summed E-state index contributed by atoms with van der Waals surface area (Å²) in [5, 5.41) is 16.2. The van der Waals surface area contributed by atoms with Gasteiger partial charge in [-0.2, -0.15) is 11.3 Å². The maximum atomic E-state index is 6.08. The summed E-state index contributed by atoms with van der Waals surface area (Å²) >= 11 is 1.67. The van der Waals surface area contributed by atoms with Crippen molar-refractivity contribution in [2.45, 2.75) is 37.8 Å². The second-order valence-electron chi connectivity index (χ2n) is 7.94. The number of aromatic nitrogens is 3. The lowest BCUT2D eigenvalue weighted by Gasteiger charge is -2.27. The van der Waals surface area contributed by atoms with E-state index >= 15 is 0 Å². The minimum absolute atomic E-state index is 0.319. The summed E-state index contributed by atoms with van der Waals surface area (Å²) in [5.41, 5.74) is 10.8. The SMILES string of the molecule is COc1ccc(Nc2cc(NC3CCC(N)CC3)nn3c(-c4ccsc4)cnc23)cc1. The predicted molar refractivity (Wildman–Crippen MR) is 126 cm³/mol. The third-order valence-corrected chi connectivity index (χ3v) is 6.46. The van der Waals surface area contributed by atoms with E-state index in [1.807, 2.05) is 41.0 Å². The number of rotatable bonds is 6. The van der Waals surface area contributed by atoms with Crippen LogP contribution in [0, 0.1) is 0 Å². The van der Waals surface area contributed by atoms with Crippen LogP contribution in [0.1, 0.15) is 25.7 Å². The standard InChI is InChI=1S/C23H26N6OS/c1-30-19-8-6-17(7-9-19)26-20-12-22(27-18-4-2-16(24)3-5-18)28-29-21(13-25-23(20)29)15-10-11-31-14-15/h6-14,16,18,26H,2-5,24H2,1H3,(H,27,28). The molecule has 4 aromatic rings. The third-order valence-electron chi connectivity index (χ3n) is 5.78. The van der Waals surface area contributed by atoms with E-state index in [2.05, 4.69) is 32.4 Å². The van der Waals surface area contributed by atoms with Crippen LogP contribution in [0.3, 0.4) is 0 Å². The molecule has 5 rings (SSSR count). The van der Waals surface area contributed by atoms with Gasteiger partial charge >= 0.3 is 0 Å². The first-order chi connectivity index (χ1) is 15.2. The Morgan fingerprint density at radius 1 is 1.13 bits per heavy atom. The molecule has 0 amide bonds. The van der Waals surface area contributed by atoms with Crippen LogP contribution in [-0.2, 0) is 0 Å². The van der Waals surface area contributed by atoms with Crippen molar-refractivity contribution in [1.29, 1.82) is 0 Å². The van der Waals surface area contributed by atoms with E-state index in [1.54, 1.807) is 18.4 Å². The van der Waals surface area contributed by atoms with Crippen LogP contribution >= 0.6 is 11.3 Å². The molecule has 160 valence electrons. The highest BCUT2D eigenvalue weighted by atomic mass is 32.1. The van der Waals surface area contributed by atoms with E-state index in [9.17, 15) is 0 Å². The van der Waals surface area contributed by atoms with Gasteiger partial charge in [-0.3, -0.25) is 0 Å². The van der Waals surface area contributed by atoms with Gasteiger partial charge < -0.3 is 21.1 Å². The van der Waals surface area contributed by atoms with Gasteiger partial charge in [-0.1, -0.05) is 0 Å². The highest BCUT2D eigenvalue weighted by molar-refractivity contribution is 7.08. The Balaban J connectivity index is 1.52. The second kappa shape index (κ2) is 8.56. The highest BCUT2D eigenvalue weighted by Gasteiger charge is 2.20. The Morgan fingerprint density at radius 3 is 2.65 bits per heavy atom. The smallest absolute Gasteiger partial charge is 0.178 e. The van der Waals surface area contributed by atoms with Crippen LogP contribution < -0.4 is 21.1 Å². The van der Waals surface area contributed by atoms with E-state index in [4.69, 9.17) is 15.6 Å². The Kier molecular flexibility index (Phi) is 5.48. The average Bonchev–Trinajstić information content (AvgIpc) is 3.46. The van der Waals surface area contributed by atoms with E-state index in [1.165, 1.54) is 0 Å². The van der Waals surface area contributed by atoms with Gasteiger partial charge in [0.05, 0.1) is 24.7 Å². The summed E-state index contributed by atoms with van der Waals surface area (Å²) < 4.78 is 7.19.